The molecule has 0 spiro atoms. The van der Waals surface area contributed by atoms with Crippen molar-refractivity contribution in [3.8, 4) is 6.07 Å². The van der Waals surface area contributed by atoms with Gasteiger partial charge in [0.15, 0.2) is 0 Å². The summed E-state index contributed by atoms with van der Waals surface area (Å²) in [6, 6.07) is 17.3. The van der Waals surface area contributed by atoms with Crippen LogP contribution in [0.4, 0.5) is 21.9 Å². The average Bonchev–Trinajstić information content (AvgIpc) is 3.21. The molecule has 0 saturated carbocycles. The number of carbonyl (C=O) groups is 1. The van der Waals surface area contributed by atoms with Crippen LogP contribution < -0.4 is 15.1 Å². The summed E-state index contributed by atoms with van der Waals surface area (Å²) in [5, 5.41) is 14.9. The van der Waals surface area contributed by atoms with Crippen LogP contribution in [0.25, 0.3) is 10.8 Å². The van der Waals surface area contributed by atoms with Gasteiger partial charge in [-0.1, -0.05) is 35.9 Å². The fraction of sp³-hybridized carbons (Fsp3) is 0.280. The first-order valence-corrected chi connectivity index (χ1v) is 11.2. The minimum absolute atomic E-state index is 0.176. The third kappa shape index (κ3) is 3.64. The molecular weight excluding hydrogens is 422 g/mol. The van der Waals surface area contributed by atoms with Crippen molar-refractivity contribution in [3.05, 3.63) is 64.7 Å². The zero-order valence-corrected chi connectivity index (χ0v) is 18.7. The number of piperazine rings is 1. The Morgan fingerprint density at radius 2 is 1.75 bits per heavy atom. The molecule has 0 bridgehead atoms. The first-order valence-electron chi connectivity index (χ1n) is 10.8. The van der Waals surface area contributed by atoms with Crippen molar-refractivity contribution in [2.75, 3.05) is 54.9 Å². The number of amides is 2. The van der Waals surface area contributed by atoms with E-state index >= 15 is 0 Å². The minimum atomic E-state index is -0.176. The molecule has 3 aromatic carbocycles. The van der Waals surface area contributed by atoms with E-state index in [9.17, 15) is 10.1 Å². The number of nitrogens with one attached hydrogen (secondary N) is 1. The first kappa shape index (κ1) is 20.6. The molecular formula is C25H24ClN5O. The zero-order chi connectivity index (χ0) is 22.2. The molecule has 7 heteroatoms. The second-order valence-electron chi connectivity index (χ2n) is 8.37. The van der Waals surface area contributed by atoms with E-state index in [-0.39, 0.29) is 6.03 Å². The fourth-order valence-electron chi connectivity index (χ4n) is 4.60. The van der Waals surface area contributed by atoms with Crippen LogP contribution >= 0.6 is 11.6 Å². The topological polar surface area (TPSA) is 62.6 Å². The Labute approximate surface area is 192 Å². The molecule has 1 saturated heterocycles. The minimum Gasteiger partial charge on any atom is -0.368 e. The lowest BCUT2D eigenvalue weighted by Crippen LogP contribution is -2.44. The van der Waals surface area contributed by atoms with Crippen molar-refractivity contribution in [1.82, 2.24) is 4.90 Å². The quantitative estimate of drug-likeness (QED) is 0.620. The van der Waals surface area contributed by atoms with E-state index in [2.05, 4.69) is 34.3 Å². The van der Waals surface area contributed by atoms with Crippen molar-refractivity contribution < 1.29 is 4.79 Å². The van der Waals surface area contributed by atoms with Gasteiger partial charge in [0.2, 0.25) is 0 Å². The summed E-state index contributed by atoms with van der Waals surface area (Å²) in [7, 11) is 2.13. The van der Waals surface area contributed by atoms with E-state index in [4.69, 9.17) is 11.6 Å². The van der Waals surface area contributed by atoms with Crippen molar-refractivity contribution in [2.24, 2.45) is 0 Å². The smallest absolute Gasteiger partial charge is 0.326 e. The molecule has 2 aliphatic rings. The lowest BCUT2D eigenvalue weighted by molar-refractivity contribution is 0.257. The molecule has 3 aromatic rings. The first-order chi connectivity index (χ1) is 15.5. The van der Waals surface area contributed by atoms with Crippen molar-refractivity contribution in [3.63, 3.8) is 0 Å². The molecule has 32 heavy (non-hydrogen) atoms. The van der Waals surface area contributed by atoms with Gasteiger partial charge in [0.05, 0.1) is 33.7 Å². The van der Waals surface area contributed by atoms with Gasteiger partial charge in [0, 0.05) is 43.5 Å². The summed E-state index contributed by atoms with van der Waals surface area (Å²) >= 11 is 6.63. The lowest BCUT2D eigenvalue weighted by atomic mass is 10.0. The van der Waals surface area contributed by atoms with Gasteiger partial charge in [-0.15, -0.1) is 0 Å². The Kier molecular flexibility index (Phi) is 5.38. The second kappa shape index (κ2) is 8.34. The molecule has 6 nitrogen and oxygen atoms in total. The number of nitriles is 1. The number of hydrogen-bond donors (Lipinski definition) is 1. The van der Waals surface area contributed by atoms with Crippen molar-refractivity contribution in [1.29, 1.82) is 5.26 Å². The SMILES string of the molecule is CN1CCN(c2cc3c(cc2Cl)CCN3C(=O)Nc2cccc3c(C#N)cccc23)CC1. The highest BCUT2D eigenvalue weighted by molar-refractivity contribution is 6.33. The second-order valence-corrected chi connectivity index (χ2v) is 8.78. The molecule has 0 aliphatic carbocycles. The molecule has 0 aromatic heterocycles. The number of anilines is 3. The predicted octanol–water partition coefficient (Wildman–Crippen LogP) is 4.71. The largest absolute Gasteiger partial charge is 0.368 e. The van der Waals surface area contributed by atoms with Gasteiger partial charge in [-0.3, -0.25) is 4.90 Å². The van der Waals surface area contributed by atoms with Gasteiger partial charge in [-0.25, -0.2) is 4.79 Å². The molecule has 1 fully saturated rings. The Balaban J connectivity index is 1.43. The van der Waals surface area contributed by atoms with E-state index in [1.165, 1.54) is 0 Å². The monoisotopic (exact) mass is 445 g/mol. The third-order valence-corrected chi connectivity index (χ3v) is 6.72. The maximum atomic E-state index is 13.3. The van der Waals surface area contributed by atoms with Crippen molar-refractivity contribution >= 4 is 45.5 Å². The molecule has 2 aliphatic heterocycles. The predicted molar refractivity (Wildman–Crippen MR) is 130 cm³/mol. The van der Waals surface area contributed by atoms with Crippen LogP contribution in [0.2, 0.25) is 5.02 Å². The van der Waals surface area contributed by atoms with E-state index in [1.54, 1.807) is 11.0 Å². The van der Waals surface area contributed by atoms with Crippen LogP contribution in [-0.2, 0) is 6.42 Å². The van der Waals surface area contributed by atoms with E-state index in [1.807, 2.05) is 36.4 Å². The van der Waals surface area contributed by atoms with Crippen molar-refractivity contribution in [2.45, 2.75) is 6.42 Å². The molecule has 1 N–H and O–H groups in total. The number of fused-ring (bicyclic) bond motifs is 2. The Hall–Kier alpha value is -3.27. The van der Waals surface area contributed by atoms with E-state index in [0.717, 1.165) is 65.3 Å². The zero-order valence-electron chi connectivity index (χ0n) is 17.9. The number of rotatable bonds is 2. The number of nitrogens with zero attached hydrogens (tertiary/aromatic N) is 4. The van der Waals surface area contributed by atoms with Gasteiger partial charge in [0.1, 0.15) is 0 Å². The van der Waals surface area contributed by atoms with Gasteiger partial charge < -0.3 is 15.1 Å². The normalized spacial score (nSPS) is 16.2. The number of halogens is 1. The molecule has 2 amide bonds. The molecule has 0 atom stereocenters. The highest BCUT2D eigenvalue weighted by atomic mass is 35.5. The molecule has 0 unspecified atom stereocenters. The van der Waals surface area contributed by atoms with Gasteiger partial charge in [0.25, 0.3) is 0 Å². The average molecular weight is 446 g/mol. The Bertz CT molecular complexity index is 1240. The number of carbonyl (C=O) groups excluding carboxylic acids is 1. The number of urea groups is 1. The fourth-order valence-corrected chi connectivity index (χ4v) is 4.90. The van der Waals surface area contributed by atoms with E-state index in [0.29, 0.717) is 17.8 Å². The highest BCUT2D eigenvalue weighted by Crippen LogP contribution is 2.38. The van der Waals surface area contributed by atoms with Crippen LogP contribution in [0, 0.1) is 11.3 Å². The van der Waals surface area contributed by atoms with Crippen LogP contribution in [0.5, 0.6) is 0 Å². The van der Waals surface area contributed by atoms with Crippen LogP contribution in [-0.4, -0.2) is 50.7 Å². The molecule has 162 valence electrons. The number of likely N-dealkylation sites (N-methyl/N-ethyl adjacent to an activating group) is 1. The van der Waals surface area contributed by atoms with Gasteiger partial charge in [-0.2, -0.15) is 5.26 Å². The molecule has 2 heterocycles. The number of hydrogen-bond acceptors (Lipinski definition) is 4. The lowest BCUT2D eigenvalue weighted by Gasteiger charge is -2.35. The van der Waals surface area contributed by atoms with Gasteiger partial charge >= 0.3 is 6.03 Å². The highest BCUT2D eigenvalue weighted by Gasteiger charge is 2.28. The van der Waals surface area contributed by atoms with E-state index < -0.39 is 0 Å². The third-order valence-electron chi connectivity index (χ3n) is 6.42. The number of benzene rings is 3. The Morgan fingerprint density at radius 3 is 2.53 bits per heavy atom. The van der Waals surface area contributed by atoms with Gasteiger partial charge in [-0.05, 0) is 43.3 Å². The van der Waals surface area contributed by atoms with Crippen LogP contribution in [0.3, 0.4) is 0 Å². The summed E-state index contributed by atoms with van der Waals surface area (Å²) in [4.78, 5) is 19.7. The Morgan fingerprint density at radius 1 is 1.00 bits per heavy atom. The van der Waals surface area contributed by atoms with Crippen LogP contribution in [0.15, 0.2) is 48.5 Å². The summed E-state index contributed by atoms with van der Waals surface area (Å²) in [6.07, 6.45) is 0.777. The van der Waals surface area contributed by atoms with Crippen LogP contribution in [0.1, 0.15) is 11.1 Å². The standard InChI is InChI=1S/C25H24ClN5O/c1-29-10-12-30(13-11-29)24-15-23-17(14-21(24)26)8-9-31(23)25(32)28-22-7-3-5-19-18(16-27)4-2-6-20(19)22/h2-7,14-15H,8-13H2,1H3,(H,28,32). The summed E-state index contributed by atoms with van der Waals surface area (Å²) in [6.45, 7) is 4.42. The maximum absolute atomic E-state index is 13.3. The summed E-state index contributed by atoms with van der Waals surface area (Å²) in [5.41, 5.74) is 4.29. The summed E-state index contributed by atoms with van der Waals surface area (Å²) < 4.78 is 0. The molecule has 0 radical (unpaired) electrons. The summed E-state index contributed by atoms with van der Waals surface area (Å²) in [5.74, 6) is 0. The maximum Gasteiger partial charge on any atom is 0.326 e. The molecule has 5 rings (SSSR count).